The van der Waals surface area contributed by atoms with Gasteiger partial charge >= 0.3 is 0 Å². The van der Waals surface area contributed by atoms with Gasteiger partial charge in [-0.2, -0.15) is 11.3 Å². The molecule has 5 heteroatoms. The Labute approximate surface area is 112 Å². The second kappa shape index (κ2) is 6.99. The number of thiophene rings is 1. The molecule has 1 aliphatic carbocycles. The second-order valence-electron chi connectivity index (χ2n) is 4.47. The van der Waals surface area contributed by atoms with Crippen molar-refractivity contribution in [2.75, 3.05) is 5.32 Å². The minimum absolute atomic E-state index is 0. The molecule has 1 amide bonds. The first-order chi connectivity index (χ1) is 7.75. The van der Waals surface area contributed by atoms with Gasteiger partial charge in [-0.25, -0.2) is 0 Å². The maximum Gasteiger partial charge on any atom is 0.224 e. The third kappa shape index (κ3) is 4.30. The number of hydrogen-bond donors (Lipinski definition) is 2. The largest absolute Gasteiger partial charge is 0.327 e. The molecule has 0 bridgehead atoms. The van der Waals surface area contributed by atoms with Crippen molar-refractivity contribution < 1.29 is 4.79 Å². The summed E-state index contributed by atoms with van der Waals surface area (Å²) in [6.07, 6.45) is 5.15. The van der Waals surface area contributed by atoms with Crippen LogP contribution in [0.2, 0.25) is 0 Å². The van der Waals surface area contributed by atoms with E-state index >= 15 is 0 Å². The van der Waals surface area contributed by atoms with Gasteiger partial charge in [-0.1, -0.05) is 12.8 Å². The predicted molar refractivity (Wildman–Crippen MR) is 74.7 cm³/mol. The van der Waals surface area contributed by atoms with Crippen molar-refractivity contribution in [3.8, 4) is 0 Å². The molecule has 1 saturated carbocycles. The summed E-state index contributed by atoms with van der Waals surface area (Å²) in [6, 6.07) is 2.13. The van der Waals surface area contributed by atoms with Gasteiger partial charge in [0.25, 0.3) is 0 Å². The lowest BCUT2D eigenvalue weighted by Gasteiger charge is -2.27. The van der Waals surface area contributed by atoms with Gasteiger partial charge in [-0.05, 0) is 30.2 Å². The summed E-state index contributed by atoms with van der Waals surface area (Å²) < 4.78 is 0. The van der Waals surface area contributed by atoms with Crippen molar-refractivity contribution in [2.45, 2.75) is 38.1 Å². The van der Waals surface area contributed by atoms with Crippen LogP contribution >= 0.6 is 23.7 Å². The standard InChI is InChI=1S/C12H18N2OS.ClH/c13-11-4-2-1-3-9(11)7-12(15)14-10-5-6-16-8-10;/h5-6,8-9,11H,1-4,7,13H2,(H,14,15);1H. The highest BCUT2D eigenvalue weighted by atomic mass is 35.5. The lowest BCUT2D eigenvalue weighted by Crippen LogP contribution is -2.35. The van der Waals surface area contributed by atoms with Crippen LogP contribution in [0.15, 0.2) is 16.8 Å². The van der Waals surface area contributed by atoms with Crippen LogP contribution in [-0.4, -0.2) is 11.9 Å². The molecular weight excluding hydrogens is 256 g/mol. The number of nitrogens with two attached hydrogens (primary N) is 1. The van der Waals surface area contributed by atoms with Crippen molar-refractivity contribution >= 4 is 35.3 Å². The Morgan fingerprint density at radius 2 is 2.24 bits per heavy atom. The molecule has 2 rings (SSSR count). The van der Waals surface area contributed by atoms with Crippen molar-refractivity contribution in [2.24, 2.45) is 11.7 Å². The summed E-state index contributed by atoms with van der Waals surface area (Å²) in [5.41, 5.74) is 6.92. The highest BCUT2D eigenvalue weighted by Crippen LogP contribution is 2.26. The zero-order valence-electron chi connectivity index (χ0n) is 9.72. The predicted octanol–water partition coefficient (Wildman–Crippen LogP) is 3.02. The lowest BCUT2D eigenvalue weighted by atomic mass is 9.83. The smallest absolute Gasteiger partial charge is 0.224 e. The van der Waals surface area contributed by atoms with Gasteiger partial charge in [0, 0.05) is 17.8 Å². The van der Waals surface area contributed by atoms with Crippen LogP contribution in [0.5, 0.6) is 0 Å². The molecule has 17 heavy (non-hydrogen) atoms. The number of anilines is 1. The van der Waals surface area contributed by atoms with Gasteiger partial charge in [0.1, 0.15) is 0 Å². The molecule has 1 aromatic rings. The number of rotatable bonds is 3. The molecule has 2 unspecified atom stereocenters. The van der Waals surface area contributed by atoms with E-state index in [9.17, 15) is 4.79 Å². The first kappa shape index (κ1) is 14.5. The van der Waals surface area contributed by atoms with Crippen molar-refractivity contribution in [3.05, 3.63) is 16.8 Å². The van der Waals surface area contributed by atoms with Crippen molar-refractivity contribution in [1.82, 2.24) is 0 Å². The lowest BCUT2D eigenvalue weighted by molar-refractivity contribution is -0.117. The fraction of sp³-hybridized carbons (Fsp3) is 0.583. The Morgan fingerprint density at radius 3 is 2.88 bits per heavy atom. The molecule has 0 aromatic carbocycles. The third-order valence-electron chi connectivity index (χ3n) is 3.22. The monoisotopic (exact) mass is 274 g/mol. The van der Waals surface area contributed by atoms with E-state index < -0.39 is 0 Å². The molecular formula is C12H19ClN2OS. The number of nitrogens with one attached hydrogen (secondary N) is 1. The Bertz CT molecular complexity index is 342. The van der Waals surface area contributed by atoms with Crippen LogP contribution < -0.4 is 11.1 Å². The van der Waals surface area contributed by atoms with E-state index in [-0.39, 0.29) is 24.4 Å². The number of halogens is 1. The van der Waals surface area contributed by atoms with E-state index in [0.29, 0.717) is 12.3 Å². The highest BCUT2D eigenvalue weighted by Gasteiger charge is 2.24. The van der Waals surface area contributed by atoms with Crippen LogP contribution in [0.1, 0.15) is 32.1 Å². The fourth-order valence-corrected chi connectivity index (χ4v) is 2.86. The van der Waals surface area contributed by atoms with Crippen LogP contribution in [0.25, 0.3) is 0 Å². The molecule has 0 radical (unpaired) electrons. The first-order valence-electron chi connectivity index (χ1n) is 5.83. The summed E-state index contributed by atoms with van der Waals surface area (Å²) >= 11 is 1.59. The van der Waals surface area contributed by atoms with Crippen LogP contribution in [-0.2, 0) is 4.79 Å². The summed E-state index contributed by atoms with van der Waals surface area (Å²) in [7, 11) is 0. The molecule has 96 valence electrons. The van der Waals surface area contributed by atoms with Gasteiger partial charge in [0.2, 0.25) is 5.91 Å². The van der Waals surface area contributed by atoms with E-state index in [1.54, 1.807) is 11.3 Å². The molecule has 3 nitrogen and oxygen atoms in total. The summed E-state index contributed by atoms with van der Waals surface area (Å²) in [4.78, 5) is 11.8. The van der Waals surface area contributed by atoms with E-state index in [1.165, 1.54) is 12.8 Å². The molecule has 1 fully saturated rings. The maximum atomic E-state index is 11.8. The van der Waals surface area contributed by atoms with Gasteiger partial charge in [-0.15, -0.1) is 12.4 Å². The molecule has 1 aliphatic rings. The quantitative estimate of drug-likeness (QED) is 0.890. The van der Waals surface area contributed by atoms with Gasteiger partial charge in [0.05, 0.1) is 5.69 Å². The average Bonchev–Trinajstić information content (AvgIpc) is 2.74. The average molecular weight is 275 g/mol. The summed E-state index contributed by atoms with van der Waals surface area (Å²) in [5, 5.41) is 6.81. The van der Waals surface area contributed by atoms with Crippen LogP contribution in [0, 0.1) is 5.92 Å². The van der Waals surface area contributed by atoms with Gasteiger partial charge < -0.3 is 11.1 Å². The Morgan fingerprint density at radius 1 is 1.47 bits per heavy atom. The minimum Gasteiger partial charge on any atom is -0.327 e. The summed E-state index contributed by atoms with van der Waals surface area (Å²) in [5.74, 6) is 0.466. The van der Waals surface area contributed by atoms with E-state index in [2.05, 4.69) is 5.32 Å². The highest BCUT2D eigenvalue weighted by molar-refractivity contribution is 7.08. The number of hydrogen-bond acceptors (Lipinski definition) is 3. The molecule has 0 spiro atoms. The summed E-state index contributed by atoms with van der Waals surface area (Å²) in [6.45, 7) is 0. The number of carbonyl (C=O) groups excluding carboxylic acids is 1. The molecule has 3 N–H and O–H groups in total. The topological polar surface area (TPSA) is 55.1 Å². The minimum atomic E-state index is 0. The number of carbonyl (C=O) groups is 1. The van der Waals surface area contributed by atoms with Crippen molar-refractivity contribution in [3.63, 3.8) is 0 Å². The van der Waals surface area contributed by atoms with Gasteiger partial charge in [0.15, 0.2) is 0 Å². The van der Waals surface area contributed by atoms with Gasteiger partial charge in [-0.3, -0.25) is 4.79 Å². The fourth-order valence-electron chi connectivity index (χ4n) is 2.28. The molecule has 2 atom stereocenters. The van der Waals surface area contributed by atoms with E-state index in [4.69, 9.17) is 5.73 Å². The maximum absolute atomic E-state index is 11.8. The van der Waals surface area contributed by atoms with E-state index in [1.807, 2.05) is 16.8 Å². The third-order valence-corrected chi connectivity index (χ3v) is 3.90. The molecule has 0 aliphatic heterocycles. The normalized spacial score (nSPS) is 23.8. The molecule has 1 aromatic heterocycles. The Hall–Kier alpha value is -0.580. The number of amides is 1. The van der Waals surface area contributed by atoms with Crippen LogP contribution in [0.4, 0.5) is 5.69 Å². The van der Waals surface area contributed by atoms with Crippen molar-refractivity contribution in [1.29, 1.82) is 0 Å². The zero-order valence-corrected chi connectivity index (χ0v) is 11.4. The zero-order chi connectivity index (χ0) is 11.4. The first-order valence-corrected chi connectivity index (χ1v) is 6.77. The SMILES string of the molecule is Cl.NC1CCCCC1CC(=O)Nc1ccsc1. The van der Waals surface area contributed by atoms with E-state index in [0.717, 1.165) is 18.5 Å². The molecule has 0 saturated heterocycles. The van der Waals surface area contributed by atoms with Crippen LogP contribution in [0.3, 0.4) is 0 Å². The molecule has 1 heterocycles. The second-order valence-corrected chi connectivity index (χ2v) is 5.25. The Kier molecular flexibility index (Phi) is 5.95. The Balaban J connectivity index is 0.00000144.